The zero-order valence-electron chi connectivity index (χ0n) is 12.9. The van der Waals surface area contributed by atoms with Crippen LogP contribution in [0.25, 0.3) is 11.5 Å². The molecule has 5 nitrogen and oxygen atoms in total. The molecule has 2 aromatic heterocycles. The van der Waals surface area contributed by atoms with Gasteiger partial charge in [-0.1, -0.05) is 12.1 Å². The van der Waals surface area contributed by atoms with Gasteiger partial charge < -0.3 is 14.5 Å². The topological polar surface area (TPSA) is 64.4 Å². The number of thiazole rings is 1. The largest absolute Gasteiger partial charge is 0.463 e. The third kappa shape index (κ3) is 4.87. The number of hydrogen-bond donors (Lipinski definition) is 1. The SMILES string of the molecule is O=C(CCc1ccc(OC(F)F)cc1)Nc1nc(-c2ccco2)cs1. The van der Waals surface area contributed by atoms with Gasteiger partial charge >= 0.3 is 6.61 Å². The van der Waals surface area contributed by atoms with E-state index in [-0.39, 0.29) is 18.1 Å². The summed E-state index contributed by atoms with van der Waals surface area (Å²) >= 11 is 1.31. The van der Waals surface area contributed by atoms with Crippen LogP contribution in [0, 0.1) is 0 Å². The second kappa shape index (κ2) is 7.89. The third-order valence-electron chi connectivity index (χ3n) is 3.31. The van der Waals surface area contributed by atoms with E-state index >= 15 is 0 Å². The van der Waals surface area contributed by atoms with Gasteiger partial charge in [-0.25, -0.2) is 4.98 Å². The van der Waals surface area contributed by atoms with Crippen LogP contribution in [-0.4, -0.2) is 17.5 Å². The lowest BCUT2D eigenvalue weighted by Crippen LogP contribution is -2.12. The Morgan fingerprint density at radius 1 is 1.28 bits per heavy atom. The normalized spacial score (nSPS) is 10.8. The van der Waals surface area contributed by atoms with Gasteiger partial charge in [-0.15, -0.1) is 11.3 Å². The summed E-state index contributed by atoms with van der Waals surface area (Å²) in [5, 5.41) is 5.03. The van der Waals surface area contributed by atoms with E-state index in [4.69, 9.17) is 4.42 Å². The van der Waals surface area contributed by atoms with Crippen molar-refractivity contribution in [3.63, 3.8) is 0 Å². The molecular weight excluding hydrogens is 350 g/mol. The summed E-state index contributed by atoms with van der Waals surface area (Å²) < 4.78 is 33.7. The summed E-state index contributed by atoms with van der Waals surface area (Å²) in [5.74, 6) is 0.563. The van der Waals surface area contributed by atoms with Crippen LogP contribution in [0.4, 0.5) is 13.9 Å². The van der Waals surface area contributed by atoms with Crippen molar-refractivity contribution in [1.29, 1.82) is 0 Å². The number of ether oxygens (including phenoxy) is 1. The summed E-state index contributed by atoms with van der Waals surface area (Å²) in [6.45, 7) is -2.85. The van der Waals surface area contributed by atoms with E-state index in [1.165, 1.54) is 23.5 Å². The molecule has 0 aliphatic rings. The second-order valence-corrected chi connectivity index (χ2v) is 5.94. The molecule has 25 heavy (non-hydrogen) atoms. The van der Waals surface area contributed by atoms with Gasteiger partial charge in [0.15, 0.2) is 10.9 Å². The molecule has 1 aromatic carbocycles. The first-order valence-corrected chi connectivity index (χ1v) is 8.31. The number of nitrogens with one attached hydrogen (secondary N) is 1. The lowest BCUT2D eigenvalue weighted by molar-refractivity contribution is -0.116. The minimum atomic E-state index is -2.85. The Balaban J connectivity index is 1.49. The Morgan fingerprint density at radius 3 is 2.76 bits per heavy atom. The monoisotopic (exact) mass is 364 g/mol. The molecule has 0 fully saturated rings. The van der Waals surface area contributed by atoms with Crippen LogP contribution in [0.15, 0.2) is 52.5 Å². The molecule has 0 atom stereocenters. The van der Waals surface area contributed by atoms with Gasteiger partial charge in [0.1, 0.15) is 11.4 Å². The van der Waals surface area contributed by atoms with Crippen molar-refractivity contribution in [3.05, 3.63) is 53.6 Å². The summed E-state index contributed by atoms with van der Waals surface area (Å²) in [6.07, 6.45) is 2.30. The summed E-state index contributed by atoms with van der Waals surface area (Å²) in [5.41, 5.74) is 1.52. The number of carbonyl (C=O) groups excluding carboxylic acids is 1. The fourth-order valence-corrected chi connectivity index (χ4v) is 2.86. The van der Waals surface area contributed by atoms with Gasteiger partial charge in [0.25, 0.3) is 0 Å². The first-order chi connectivity index (χ1) is 12.1. The molecule has 0 aliphatic carbocycles. The standard InChI is InChI=1S/C17H14F2N2O3S/c18-16(19)24-12-6-3-11(4-7-12)5-8-15(22)21-17-20-13(10-25-17)14-2-1-9-23-14/h1-4,6-7,9-10,16H,5,8H2,(H,20,21,22). The van der Waals surface area contributed by atoms with E-state index in [1.54, 1.807) is 35.9 Å². The summed E-state index contributed by atoms with van der Waals surface area (Å²) in [4.78, 5) is 16.3. The molecule has 1 amide bonds. The number of hydrogen-bond acceptors (Lipinski definition) is 5. The van der Waals surface area contributed by atoms with Gasteiger partial charge in [-0.3, -0.25) is 4.79 Å². The number of furan rings is 1. The van der Waals surface area contributed by atoms with Crippen molar-refractivity contribution in [2.45, 2.75) is 19.5 Å². The molecule has 0 saturated carbocycles. The van der Waals surface area contributed by atoms with Crippen LogP contribution in [0.5, 0.6) is 5.75 Å². The number of benzene rings is 1. The van der Waals surface area contributed by atoms with Crippen LogP contribution < -0.4 is 10.1 Å². The number of alkyl halides is 2. The van der Waals surface area contributed by atoms with Crippen molar-refractivity contribution < 1.29 is 22.7 Å². The van der Waals surface area contributed by atoms with Crippen LogP contribution in [0.3, 0.4) is 0 Å². The zero-order valence-corrected chi connectivity index (χ0v) is 13.8. The zero-order chi connectivity index (χ0) is 17.6. The Labute approximate surface area is 146 Å². The molecule has 0 spiro atoms. The quantitative estimate of drug-likeness (QED) is 0.667. The Bertz CT molecular complexity index is 817. The van der Waals surface area contributed by atoms with E-state index in [9.17, 15) is 13.6 Å². The van der Waals surface area contributed by atoms with E-state index in [2.05, 4.69) is 15.0 Å². The summed E-state index contributed by atoms with van der Waals surface area (Å²) in [7, 11) is 0. The number of nitrogens with zero attached hydrogens (tertiary/aromatic N) is 1. The highest BCUT2D eigenvalue weighted by molar-refractivity contribution is 7.14. The number of anilines is 1. The molecule has 130 valence electrons. The predicted molar refractivity (Wildman–Crippen MR) is 89.8 cm³/mol. The summed E-state index contributed by atoms with van der Waals surface area (Å²) in [6, 6.07) is 9.78. The van der Waals surface area contributed by atoms with Crippen molar-refractivity contribution >= 4 is 22.4 Å². The van der Waals surface area contributed by atoms with E-state index < -0.39 is 6.61 Å². The van der Waals surface area contributed by atoms with Gasteiger partial charge in [-0.2, -0.15) is 8.78 Å². The average molecular weight is 364 g/mol. The minimum absolute atomic E-state index is 0.0939. The highest BCUT2D eigenvalue weighted by Gasteiger charge is 2.10. The predicted octanol–water partition coefficient (Wildman–Crippen LogP) is 4.58. The van der Waals surface area contributed by atoms with Gasteiger partial charge in [-0.05, 0) is 36.2 Å². The van der Waals surface area contributed by atoms with Crippen molar-refractivity contribution in [2.24, 2.45) is 0 Å². The Morgan fingerprint density at radius 2 is 2.08 bits per heavy atom. The molecule has 8 heteroatoms. The maximum absolute atomic E-state index is 12.1. The number of halogens is 2. The van der Waals surface area contributed by atoms with Gasteiger partial charge in [0.2, 0.25) is 5.91 Å². The minimum Gasteiger partial charge on any atom is -0.463 e. The Kier molecular flexibility index (Phi) is 5.39. The molecule has 0 bridgehead atoms. The van der Waals surface area contributed by atoms with E-state index in [1.807, 2.05) is 0 Å². The van der Waals surface area contributed by atoms with Gasteiger partial charge in [0, 0.05) is 11.8 Å². The lowest BCUT2D eigenvalue weighted by atomic mass is 10.1. The Hall–Kier alpha value is -2.74. The molecule has 0 unspecified atom stereocenters. The van der Waals surface area contributed by atoms with Crippen LogP contribution in [0.2, 0.25) is 0 Å². The number of rotatable bonds is 7. The van der Waals surface area contributed by atoms with Crippen molar-refractivity contribution in [1.82, 2.24) is 4.98 Å². The first-order valence-electron chi connectivity index (χ1n) is 7.43. The fraction of sp³-hybridized carbons (Fsp3) is 0.176. The van der Waals surface area contributed by atoms with E-state index in [0.29, 0.717) is 23.0 Å². The molecule has 3 aromatic rings. The third-order valence-corrected chi connectivity index (χ3v) is 4.07. The highest BCUT2D eigenvalue weighted by atomic mass is 32.1. The second-order valence-electron chi connectivity index (χ2n) is 5.09. The van der Waals surface area contributed by atoms with E-state index in [0.717, 1.165) is 5.56 Å². The van der Waals surface area contributed by atoms with Crippen molar-refractivity contribution in [3.8, 4) is 17.2 Å². The number of carbonyl (C=O) groups is 1. The molecule has 0 radical (unpaired) electrons. The lowest BCUT2D eigenvalue weighted by Gasteiger charge is -2.06. The maximum atomic E-state index is 12.1. The van der Waals surface area contributed by atoms with Crippen LogP contribution in [-0.2, 0) is 11.2 Å². The van der Waals surface area contributed by atoms with Crippen LogP contribution in [0.1, 0.15) is 12.0 Å². The van der Waals surface area contributed by atoms with Crippen molar-refractivity contribution in [2.75, 3.05) is 5.32 Å². The molecule has 0 aliphatic heterocycles. The average Bonchev–Trinajstić information content (AvgIpc) is 3.25. The fourth-order valence-electron chi connectivity index (χ4n) is 2.15. The number of aryl methyl sites for hydroxylation is 1. The molecule has 2 heterocycles. The smallest absolute Gasteiger partial charge is 0.387 e. The molecule has 3 rings (SSSR count). The number of aromatic nitrogens is 1. The number of amides is 1. The van der Waals surface area contributed by atoms with Gasteiger partial charge in [0.05, 0.1) is 6.26 Å². The molecule has 0 saturated heterocycles. The van der Waals surface area contributed by atoms with Crippen LogP contribution >= 0.6 is 11.3 Å². The highest BCUT2D eigenvalue weighted by Crippen LogP contribution is 2.25. The first kappa shape index (κ1) is 17.1. The maximum Gasteiger partial charge on any atom is 0.387 e. The molecular formula is C17H14F2N2O3S. The molecule has 1 N–H and O–H groups in total.